The maximum absolute atomic E-state index is 12.4. The van der Waals surface area contributed by atoms with Gasteiger partial charge in [0.1, 0.15) is 11.4 Å². The molecule has 25 heavy (non-hydrogen) atoms. The molecule has 4 heterocycles. The van der Waals surface area contributed by atoms with Crippen molar-refractivity contribution in [2.24, 2.45) is 0 Å². The van der Waals surface area contributed by atoms with Crippen molar-refractivity contribution in [3.05, 3.63) is 66.9 Å². The number of aromatic nitrogens is 5. The minimum atomic E-state index is -0.429. The van der Waals surface area contributed by atoms with Crippen LogP contribution in [0.1, 0.15) is 10.6 Å². The molecular formula is C17H12N6O2. The molecule has 0 aliphatic rings. The molecule has 4 aromatic heterocycles. The number of anilines is 1. The van der Waals surface area contributed by atoms with Gasteiger partial charge in [-0.05, 0) is 24.3 Å². The van der Waals surface area contributed by atoms with E-state index in [2.05, 4.69) is 30.6 Å². The molecule has 0 saturated heterocycles. The Morgan fingerprint density at radius 1 is 1.08 bits per heavy atom. The van der Waals surface area contributed by atoms with Crippen molar-refractivity contribution >= 4 is 11.6 Å². The van der Waals surface area contributed by atoms with Crippen molar-refractivity contribution in [2.45, 2.75) is 0 Å². The molecule has 0 spiro atoms. The molecule has 4 rings (SSSR count). The fraction of sp³-hybridized carbons (Fsp3) is 0. The lowest BCUT2D eigenvalue weighted by Crippen LogP contribution is -2.11. The second-order valence-electron chi connectivity index (χ2n) is 5.15. The van der Waals surface area contributed by atoms with Crippen LogP contribution >= 0.6 is 0 Å². The SMILES string of the molecule is O=C(Nc1cn[nH]c1-c1ccccn1)c1cc(-c2cccnc2)no1. The van der Waals surface area contributed by atoms with Gasteiger partial charge in [-0.3, -0.25) is 19.9 Å². The summed E-state index contributed by atoms with van der Waals surface area (Å²) in [6.45, 7) is 0. The molecule has 0 saturated carbocycles. The van der Waals surface area contributed by atoms with Crippen LogP contribution in [0, 0.1) is 0 Å². The number of hydrogen-bond acceptors (Lipinski definition) is 6. The molecule has 8 nitrogen and oxygen atoms in total. The van der Waals surface area contributed by atoms with Gasteiger partial charge >= 0.3 is 0 Å². The highest BCUT2D eigenvalue weighted by atomic mass is 16.5. The molecule has 0 aliphatic heterocycles. The second kappa shape index (κ2) is 6.36. The first kappa shape index (κ1) is 14.8. The van der Waals surface area contributed by atoms with E-state index in [0.29, 0.717) is 22.8 Å². The summed E-state index contributed by atoms with van der Waals surface area (Å²) < 4.78 is 5.14. The highest BCUT2D eigenvalue weighted by molar-refractivity contribution is 6.04. The van der Waals surface area contributed by atoms with Gasteiger partial charge in [0.2, 0.25) is 5.76 Å². The normalized spacial score (nSPS) is 10.6. The van der Waals surface area contributed by atoms with Crippen molar-refractivity contribution < 1.29 is 9.32 Å². The minimum Gasteiger partial charge on any atom is -0.350 e. The molecule has 4 aromatic rings. The molecule has 0 aliphatic carbocycles. The highest BCUT2D eigenvalue weighted by Gasteiger charge is 2.17. The number of amides is 1. The molecular weight excluding hydrogens is 320 g/mol. The van der Waals surface area contributed by atoms with E-state index in [9.17, 15) is 4.79 Å². The van der Waals surface area contributed by atoms with E-state index >= 15 is 0 Å². The lowest BCUT2D eigenvalue weighted by Gasteiger charge is -2.03. The van der Waals surface area contributed by atoms with E-state index in [-0.39, 0.29) is 5.76 Å². The third kappa shape index (κ3) is 3.00. The fourth-order valence-corrected chi connectivity index (χ4v) is 2.30. The monoisotopic (exact) mass is 332 g/mol. The fourth-order valence-electron chi connectivity index (χ4n) is 2.30. The van der Waals surface area contributed by atoms with Gasteiger partial charge in [-0.2, -0.15) is 5.10 Å². The van der Waals surface area contributed by atoms with E-state index in [0.717, 1.165) is 5.56 Å². The predicted octanol–water partition coefficient (Wildman–Crippen LogP) is 2.77. The number of nitrogens with zero attached hydrogens (tertiary/aromatic N) is 4. The quantitative estimate of drug-likeness (QED) is 0.594. The van der Waals surface area contributed by atoms with Gasteiger partial charge in [-0.15, -0.1) is 0 Å². The van der Waals surface area contributed by atoms with Crippen LogP contribution in [0.25, 0.3) is 22.6 Å². The van der Waals surface area contributed by atoms with Crippen LogP contribution in [0.2, 0.25) is 0 Å². The Morgan fingerprint density at radius 3 is 2.84 bits per heavy atom. The topological polar surface area (TPSA) is 110 Å². The first-order valence-corrected chi connectivity index (χ1v) is 7.44. The summed E-state index contributed by atoms with van der Waals surface area (Å²) in [6.07, 6.45) is 6.49. The van der Waals surface area contributed by atoms with Crippen LogP contribution in [0.4, 0.5) is 5.69 Å². The molecule has 0 radical (unpaired) electrons. The van der Waals surface area contributed by atoms with Crippen molar-refractivity contribution in [3.8, 4) is 22.6 Å². The number of hydrogen-bond donors (Lipinski definition) is 2. The minimum absolute atomic E-state index is 0.0898. The largest absolute Gasteiger partial charge is 0.350 e. The van der Waals surface area contributed by atoms with Crippen molar-refractivity contribution in [1.82, 2.24) is 25.3 Å². The number of rotatable bonds is 4. The first-order valence-electron chi connectivity index (χ1n) is 7.44. The van der Waals surface area contributed by atoms with Crippen molar-refractivity contribution in [1.29, 1.82) is 0 Å². The maximum atomic E-state index is 12.4. The van der Waals surface area contributed by atoms with E-state index in [1.54, 1.807) is 30.7 Å². The summed E-state index contributed by atoms with van der Waals surface area (Å²) in [5.41, 5.74) is 3.09. The van der Waals surface area contributed by atoms with Crippen LogP contribution < -0.4 is 5.32 Å². The van der Waals surface area contributed by atoms with Crippen molar-refractivity contribution in [3.63, 3.8) is 0 Å². The molecule has 122 valence electrons. The van der Waals surface area contributed by atoms with Crippen molar-refractivity contribution in [2.75, 3.05) is 5.32 Å². The number of carbonyl (C=O) groups excluding carboxylic acids is 1. The van der Waals surface area contributed by atoms with E-state index in [4.69, 9.17) is 4.52 Å². The number of H-pyrrole nitrogens is 1. The molecule has 0 aromatic carbocycles. The van der Waals surface area contributed by atoms with Gasteiger partial charge < -0.3 is 9.84 Å². The average molecular weight is 332 g/mol. The van der Waals surface area contributed by atoms with E-state index < -0.39 is 5.91 Å². The van der Waals surface area contributed by atoms with Crippen LogP contribution in [0.5, 0.6) is 0 Å². The van der Waals surface area contributed by atoms with Gasteiger partial charge in [0.15, 0.2) is 0 Å². The summed E-state index contributed by atoms with van der Waals surface area (Å²) >= 11 is 0. The summed E-state index contributed by atoms with van der Waals surface area (Å²) in [5.74, 6) is -0.340. The summed E-state index contributed by atoms with van der Waals surface area (Å²) in [4.78, 5) is 20.7. The van der Waals surface area contributed by atoms with Gasteiger partial charge in [0.05, 0.1) is 17.6 Å². The standard InChI is InChI=1S/C17H12N6O2/c24-17(15-8-13(23-25-15)11-4-3-6-18-9-11)21-14-10-20-22-16(14)12-5-1-2-7-19-12/h1-10H,(H,20,22)(H,21,24). The molecule has 8 heteroatoms. The zero-order valence-electron chi connectivity index (χ0n) is 12.9. The molecule has 0 bridgehead atoms. The molecule has 0 atom stereocenters. The Morgan fingerprint density at radius 2 is 2.04 bits per heavy atom. The molecule has 0 fully saturated rings. The summed E-state index contributed by atoms with van der Waals surface area (Å²) in [6, 6.07) is 10.7. The zero-order valence-corrected chi connectivity index (χ0v) is 12.9. The van der Waals surface area contributed by atoms with Gasteiger partial charge in [0, 0.05) is 30.2 Å². The number of nitrogens with one attached hydrogen (secondary N) is 2. The van der Waals surface area contributed by atoms with Gasteiger partial charge in [-0.25, -0.2) is 0 Å². The molecule has 0 unspecified atom stereocenters. The Labute approximate surface area is 141 Å². The third-order valence-electron chi connectivity index (χ3n) is 3.50. The second-order valence-corrected chi connectivity index (χ2v) is 5.15. The molecule has 2 N–H and O–H groups in total. The smallest absolute Gasteiger partial charge is 0.294 e. The van der Waals surface area contributed by atoms with E-state index in [1.165, 1.54) is 6.20 Å². The van der Waals surface area contributed by atoms with Gasteiger partial charge in [0.25, 0.3) is 5.91 Å². The third-order valence-corrected chi connectivity index (χ3v) is 3.50. The van der Waals surface area contributed by atoms with Crippen LogP contribution in [-0.4, -0.2) is 31.2 Å². The maximum Gasteiger partial charge on any atom is 0.294 e. The summed E-state index contributed by atoms with van der Waals surface area (Å²) in [7, 11) is 0. The molecule has 1 amide bonds. The number of aromatic amines is 1. The first-order chi connectivity index (χ1) is 12.3. The average Bonchev–Trinajstić information content (AvgIpc) is 3.33. The Hall–Kier alpha value is -3.81. The van der Waals surface area contributed by atoms with E-state index in [1.807, 2.05) is 24.3 Å². The predicted molar refractivity (Wildman–Crippen MR) is 89.5 cm³/mol. The Bertz CT molecular complexity index is 994. The Kier molecular flexibility index (Phi) is 3.76. The highest BCUT2D eigenvalue weighted by Crippen LogP contribution is 2.24. The number of carbonyl (C=O) groups is 1. The lowest BCUT2D eigenvalue weighted by atomic mass is 10.2. The zero-order chi connectivity index (χ0) is 17.1. The van der Waals surface area contributed by atoms with Crippen LogP contribution in [0.3, 0.4) is 0 Å². The van der Waals surface area contributed by atoms with Crippen LogP contribution in [-0.2, 0) is 0 Å². The van der Waals surface area contributed by atoms with Gasteiger partial charge in [-0.1, -0.05) is 11.2 Å². The number of pyridine rings is 2. The Balaban J connectivity index is 1.56. The van der Waals surface area contributed by atoms with Crippen LogP contribution in [0.15, 0.2) is 65.7 Å². The summed E-state index contributed by atoms with van der Waals surface area (Å²) in [5, 5.41) is 13.4. The lowest BCUT2D eigenvalue weighted by molar-refractivity contribution is 0.0988.